The standard InChI is InChI=1S/C14H13BrClNO/c1-18-14-5-3-2-4-13(14)17-9-10-6-7-11(15)8-12(10)16/h2-8,17H,9H2,1H3. The van der Waals surface area contributed by atoms with Gasteiger partial charge in [-0.2, -0.15) is 0 Å². The number of ether oxygens (including phenoxy) is 1. The highest BCUT2D eigenvalue weighted by atomic mass is 79.9. The maximum atomic E-state index is 6.17. The third kappa shape index (κ3) is 3.18. The van der Waals surface area contributed by atoms with E-state index >= 15 is 0 Å². The summed E-state index contributed by atoms with van der Waals surface area (Å²) in [5.74, 6) is 0.825. The molecule has 0 spiro atoms. The number of nitrogens with one attached hydrogen (secondary N) is 1. The first-order valence-electron chi connectivity index (χ1n) is 5.51. The molecule has 0 aliphatic carbocycles. The van der Waals surface area contributed by atoms with Crippen LogP contribution in [0.15, 0.2) is 46.9 Å². The second-order valence-corrected chi connectivity index (χ2v) is 5.11. The molecular weight excluding hydrogens is 314 g/mol. The molecule has 0 aliphatic heterocycles. The van der Waals surface area contributed by atoms with Crippen molar-refractivity contribution in [3.05, 3.63) is 57.5 Å². The van der Waals surface area contributed by atoms with Gasteiger partial charge in [0.15, 0.2) is 0 Å². The molecule has 0 heterocycles. The first-order valence-corrected chi connectivity index (χ1v) is 6.68. The molecule has 0 amide bonds. The Hall–Kier alpha value is -1.19. The van der Waals surface area contributed by atoms with E-state index in [4.69, 9.17) is 16.3 Å². The fourth-order valence-corrected chi connectivity index (χ4v) is 2.39. The van der Waals surface area contributed by atoms with Crippen molar-refractivity contribution in [3.63, 3.8) is 0 Å². The lowest BCUT2D eigenvalue weighted by Gasteiger charge is -2.11. The van der Waals surface area contributed by atoms with Crippen molar-refractivity contribution in [2.75, 3.05) is 12.4 Å². The summed E-state index contributed by atoms with van der Waals surface area (Å²) in [5.41, 5.74) is 2.00. The second kappa shape index (κ2) is 6.12. The van der Waals surface area contributed by atoms with E-state index in [2.05, 4.69) is 21.2 Å². The lowest BCUT2D eigenvalue weighted by Crippen LogP contribution is -2.01. The van der Waals surface area contributed by atoms with Crippen LogP contribution in [0.1, 0.15) is 5.56 Å². The van der Waals surface area contributed by atoms with Gasteiger partial charge in [-0.05, 0) is 29.8 Å². The molecule has 0 fully saturated rings. The molecule has 1 N–H and O–H groups in total. The highest BCUT2D eigenvalue weighted by Crippen LogP contribution is 2.26. The zero-order valence-electron chi connectivity index (χ0n) is 9.91. The van der Waals surface area contributed by atoms with Gasteiger partial charge in [0.25, 0.3) is 0 Å². The topological polar surface area (TPSA) is 21.3 Å². The number of hydrogen-bond donors (Lipinski definition) is 1. The van der Waals surface area contributed by atoms with Crippen molar-refractivity contribution in [1.29, 1.82) is 0 Å². The molecule has 0 aromatic heterocycles. The third-order valence-electron chi connectivity index (χ3n) is 2.59. The summed E-state index contributed by atoms with van der Waals surface area (Å²) in [6.07, 6.45) is 0. The van der Waals surface area contributed by atoms with Gasteiger partial charge in [0, 0.05) is 16.0 Å². The average Bonchev–Trinajstić information content (AvgIpc) is 2.38. The summed E-state index contributed by atoms with van der Waals surface area (Å²) in [5, 5.41) is 4.06. The largest absolute Gasteiger partial charge is 0.495 e. The predicted octanol–water partition coefficient (Wildman–Crippen LogP) is 4.72. The Bertz CT molecular complexity index is 545. The first-order chi connectivity index (χ1) is 8.70. The van der Waals surface area contributed by atoms with Crippen molar-refractivity contribution in [2.24, 2.45) is 0 Å². The minimum absolute atomic E-state index is 0.659. The normalized spacial score (nSPS) is 10.2. The Morgan fingerprint density at radius 3 is 2.72 bits per heavy atom. The van der Waals surface area contributed by atoms with Crippen LogP contribution in [0, 0.1) is 0 Å². The number of para-hydroxylation sites is 2. The fraction of sp³-hybridized carbons (Fsp3) is 0.143. The zero-order chi connectivity index (χ0) is 13.0. The Kier molecular flexibility index (Phi) is 4.50. The van der Waals surface area contributed by atoms with E-state index in [9.17, 15) is 0 Å². The highest BCUT2D eigenvalue weighted by molar-refractivity contribution is 9.10. The molecule has 4 heteroatoms. The third-order valence-corrected chi connectivity index (χ3v) is 3.44. The van der Waals surface area contributed by atoms with Crippen molar-refractivity contribution in [1.82, 2.24) is 0 Å². The van der Waals surface area contributed by atoms with E-state index < -0.39 is 0 Å². The lowest BCUT2D eigenvalue weighted by atomic mass is 10.2. The number of hydrogen-bond acceptors (Lipinski definition) is 2. The van der Waals surface area contributed by atoms with Crippen molar-refractivity contribution in [3.8, 4) is 5.75 Å². The Balaban J connectivity index is 2.11. The molecule has 0 saturated carbocycles. The number of anilines is 1. The number of rotatable bonds is 4. The van der Waals surface area contributed by atoms with Gasteiger partial charge in [0.1, 0.15) is 5.75 Å². The summed E-state index contributed by atoms with van der Waals surface area (Å²) >= 11 is 9.56. The van der Waals surface area contributed by atoms with E-state index in [0.717, 1.165) is 26.5 Å². The lowest BCUT2D eigenvalue weighted by molar-refractivity contribution is 0.416. The Morgan fingerprint density at radius 2 is 2.00 bits per heavy atom. The molecule has 0 radical (unpaired) electrons. The maximum absolute atomic E-state index is 6.17. The molecule has 0 saturated heterocycles. The van der Waals surface area contributed by atoms with Gasteiger partial charge in [-0.3, -0.25) is 0 Å². The quantitative estimate of drug-likeness (QED) is 0.877. The Morgan fingerprint density at radius 1 is 1.22 bits per heavy atom. The van der Waals surface area contributed by atoms with E-state index in [-0.39, 0.29) is 0 Å². The minimum atomic E-state index is 0.659. The molecule has 0 aliphatic rings. The van der Waals surface area contributed by atoms with Gasteiger partial charge in [-0.15, -0.1) is 0 Å². The molecule has 0 bridgehead atoms. The fourth-order valence-electron chi connectivity index (χ4n) is 1.65. The summed E-state index contributed by atoms with van der Waals surface area (Å²) < 4.78 is 6.26. The van der Waals surface area contributed by atoms with E-state index in [1.807, 2.05) is 42.5 Å². The molecular formula is C14H13BrClNO. The molecule has 0 atom stereocenters. The zero-order valence-corrected chi connectivity index (χ0v) is 12.3. The van der Waals surface area contributed by atoms with Crippen LogP contribution in [0.2, 0.25) is 5.02 Å². The molecule has 2 nitrogen and oxygen atoms in total. The number of halogens is 2. The van der Waals surface area contributed by atoms with Gasteiger partial charge in [-0.25, -0.2) is 0 Å². The van der Waals surface area contributed by atoms with Crippen LogP contribution >= 0.6 is 27.5 Å². The van der Waals surface area contributed by atoms with Crippen molar-refractivity contribution >= 4 is 33.2 Å². The van der Waals surface area contributed by atoms with Crippen LogP contribution in [-0.4, -0.2) is 7.11 Å². The van der Waals surface area contributed by atoms with Gasteiger partial charge in [-0.1, -0.05) is 45.7 Å². The number of benzene rings is 2. The van der Waals surface area contributed by atoms with E-state index in [1.165, 1.54) is 0 Å². The van der Waals surface area contributed by atoms with Crippen LogP contribution < -0.4 is 10.1 Å². The van der Waals surface area contributed by atoms with Crippen LogP contribution in [0.25, 0.3) is 0 Å². The van der Waals surface area contributed by atoms with Gasteiger partial charge in [0.2, 0.25) is 0 Å². The monoisotopic (exact) mass is 325 g/mol. The molecule has 2 aromatic carbocycles. The van der Waals surface area contributed by atoms with Crippen LogP contribution in [-0.2, 0) is 6.54 Å². The van der Waals surface area contributed by atoms with Crippen LogP contribution in [0.4, 0.5) is 5.69 Å². The predicted molar refractivity (Wildman–Crippen MR) is 79.5 cm³/mol. The summed E-state index contributed by atoms with van der Waals surface area (Å²) in [4.78, 5) is 0. The van der Waals surface area contributed by atoms with E-state index in [1.54, 1.807) is 7.11 Å². The summed E-state index contributed by atoms with van der Waals surface area (Å²) in [6.45, 7) is 0.659. The van der Waals surface area contributed by atoms with Gasteiger partial charge >= 0.3 is 0 Å². The SMILES string of the molecule is COc1ccccc1NCc1ccc(Br)cc1Cl. The molecule has 2 rings (SSSR count). The van der Waals surface area contributed by atoms with Gasteiger partial charge < -0.3 is 10.1 Å². The smallest absolute Gasteiger partial charge is 0.141 e. The molecule has 94 valence electrons. The molecule has 2 aromatic rings. The minimum Gasteiger partial charge on any atom is -0.495 e. The van der Waals surface area contributed by atoms with Crippen LogP contribution in [0.3, 0.4) is 0 Å². The average molecular weight is 327 g/mol. The number of methoxy groups -OCH3 is 1. The molecule has 0 unspecified atom stereocenters. The second-order valence-electron chi connectivity index (χ2n) is 3.79. The highest BCUT2D eigenvalue weighted by Gasteiger charge is 2.04. The summed E-state index contributed by atoms with van der Waals surface area (Å²) in [6, 6.07) is 13.7. The Labute approximate surface area is 120 Å². The van der Waals surface area contributed by atoms with Crippen LogP contribution in [0.5, 0.6) is 5.75 Å². The van der Waals surface area contributed by atoms with Crippen molar-refractivity contribution in [2.45, 2.75) is 6.54 Å². The van der Waals surface area contributed by atoms with Gasteiger partial charge in [0.05, 0.1) is 12.8 Å². The first kappa shape index (κ1) is 13.2. The molecule has 18 heavy (non-hydrogen) atoms. The maximum Gasteiger partial charge on any atom is 0.141 e. The summed E-state index contributed by atoms with van der Waals surface area (Å²) in [7, 11) is 1.66. The van der Waals surface area contributed by atoms with Crippen molar-refractivity contribution < 1.29 is 4.74 Å². The van der Waals surface area contributed by atoms with E-state index in [0.29, 0.717) is 6.54 Å².